The molecule has 13 heavy (non-hydrogen) atoms. The molecule has 0 radical (unpaired) electrons. The van der Waals surface area contributed by atoms with Crippen molar-refractivity contribution in [3.8, 4) is 0 Å². The van der Waals surface area contributed by atoms with Crippen LogP contribution in [0.3, 0.4) is 0 Å². The van der Waals surface area contributed by atoms with E-state index in [1.807, 2.05) is 0 Å². The monoisotopic (exact) mass is 200 g/mol. The first-order valence-corrected chi connectivity index (χ1v) is 5.51. The van der Waals surface area contributed by atoms with Crippen molar-refractivity contribution in [1.29, 1.82) is 0 Å². The van der Waals surface area contributed by atoms with E-state index in [2.05, 4.69) is 9.97 Å². The van der Waals surface area contributed by atoms with E-state index in [1.54, 1.807) is 0 Å². The SMILES string of the molecule is CS(=O)(=O)CC(=O)c1cncnc1. The summed E-state index contributed by atoms with van der Waals surface area (Å²) in [5.74, 6) is -0.983. The number of rotatable bonds is 3. The van der Waals surface area contributed by atoms with E-state index in [-0.39, 0.29) is 5.56 Å². The van der Waals surface area contributed by atoms with Crippen molar-refractivity contribution in [1.82, 2.24) is 9.97 Å². The fourth-order valence-electron chi connectivity index (χ4n) is 0.765. The predicted octanol–water partition coefficient (Wildman–Crippen LogP) is -0.296. The average molecular weight is 200 g/mol. The molecule has 1 heterocycles. The molecule has 0 N–H and O–H groups in total. The van der Waals surface area contributed by atoms with Crippen molar-refractivity contribution in [2.75, 3.05) is 12.0 Å². The van der Waals surface area contributed by atoms with E-state index in [0.29, 0.717) is 0 Å². The molecule has 1 aromatic rings. The second-order valence-corrected chi connectivity index (χ2v) is 4.76. The molecule has 0 unspecified atom stereocenters. The van der Waals surface area contributed by atoms with Gasteiger partial charge in [0.15, 0.2) is 15.6 Å². The number of carbonyl (C=O) groups excluding carboxylic acids is 1. The van der Waals surface area contributed by atoms with Gasteiger partial charge in [-0.25, -0.2) is 18.4 Å². The largest absolute Gasteiger partial charge is 0.293 e. The zero-order valence-corrected chi connectivity index (χ0v) is 7.78. The van der Waals surface area contributed by atoms with Crippen LogP contribution in [0.5, 0.6) is 0 Å². The van der Waals surface area contributed by atoms with Gasteiger partial charge in [-0.05, 0) is 0 Å². The van der Waals surface area contributed by atoms with E-state index in [4.69, 9.17) is 0 Å². The molecule has 0 aliphatic heterocycles. The van der Waals surface area contributed by atoms with Gasteiger partial charge in [-0.1, -0.05) is 0 Å². The highest BCUT2D eigenvalue weighted by Crippen LogP contribution is 1.97. The Morgan fingerprint density at radius 3 is 2.38 bits per heavy atom. The van der Waals surface area contributed by atoms with Crippen LogP contribution in [0.15, 0.2) is 18.7 Å². The van der Waals surface area contributed by atoms with Gasteiger partial charge in [-0.15, -0.1) is 0 Å². The minimum atomic E-state index is -3.28. The normalized spacial score (nSPS) is 11.2. The molecule has 0 aliphatic rings. The highest BCUT2D eigenvalue weighted by Gasteiger charge is 2.12. The van der Waals surface area contributed by atoms with Crippen LogP contribution in [0.4, 0.5) is 0 Å². The Kier molecular flexibility index (Phi) is 2.72. The number of sulfone groups is 1. The molecule has 6 heteroatoms. The Labute approximate surface area is 75.8 Å². The molecule has 0 saturated carbocycles. The fraction of sp³-hybridized carbons (Fsp3) is 0.286. The highest BCUT2D eigenvalue weighted by atomic mass is 32.2. The zero-order valence-electron chi connectivity index (χ0n) is 6.97. The molecule has 1 aromatic heterocycles. The van der Waals surface area contributed by atoms with Gasteiger partial charge in [0.1, 0.15) is 12.1 Å². The molecular formula is C7H8N2O3S. The minimum absolute atomic E-state index is 0.216. The van der Waals surface area contributed by atoms with Gasteiger partial charge in [0.25, 0.3) is 0 Å². The molecule has 0 saturated heterocycles. The Balaban J connectivity index is 2.82. The van der Waals surface area contributed by atoms with Gasteiger partial charge >= 0.3 is 0 Å². The lowest BCUT2D eigenvalue weighted by Gasteiger charge is -1.96. The molecule has 5 nitrogen and oxygen atoms in total. The lowest BCUT2D eigenvalue weighted by Crippen LogP contribution is -2.14. The summed E-state index contributed by atoms with van der Waals surface area (Å²) >= 11 is 0. The summed E-state index contributed by atoms with van der Waals surface area (Å²) in [5, 5.41) is 0. The third kappa shape index (κ3) is 3.29. The summed E-state index contributed by atoms with van der Waals surface area (Å²) in [6, 6.07) is 0. The van der Waals surface area contributed by atoms with Crippen LogP contribution in [0.1, 0.15) is 10.4 Å². The maximum Gasteiger partial charge on any atom is 0.180 e. The minimum Gasteiger partial charge on any atom is -0.293 e. The van der Waals surface area contributed by atoms with E-state index >= 15 is 0 Å². The Bertz CT molecular complexity index is 399. The number of Topliss-reactive ketones (excluding diaryl/α,β-unsaturated/α-hetero) is 1. The molecule has 0 spiro atoms. The van der Waals surface area contributed by atoms with Crippen LogP contribution in [0, 0.1) is 0 Å². The van der Waals surface area contributed by atoms with Crippen molar-refractivity contribution in [2.24, 2.45) is 0 Å². The Morgan fingerprint density at radius 1 is 1.38 bits per heavy atom. The van der Waals surface area contributed by atoms with Crippen molar-refractivity contribution < 1.29 is 13.2 Å². The molecule has 0 bridgehead atoms. The van der Waals surface area contributed by atoms with Crippen LogP contribution in [0.2, 0.25) is 0 Å². The molecule has 0 atom stereocenters. The molecule has 1 rings (SSSR count). The lowest BCUT2D eigenvalue weighted by molar-refractivity contribution is 0.102. The van der Waals surface area contributed by atoms with Crippen LogP contribution >= 0.6 is 0 Å². The Morgan fingerprint density at radius 2 is 1.92 bits per heavy atom. The van der Waals surface area contributed by atoms with Gasteiger partial charge in [0.2, 0.25) is 0 Å². The van der Waals surface area contributed by atoms with Crippen LogP contribution in [0.25, 0.3) is 0 Å². The molecule has 0 aliphatic carbocycles. The van der Waals surface area contributed by atoms with Crippen LogP contribution in [-0.4, -0.2) is 36.2 Å². The van der Waals surface area contributed by atoms with Gasteiger partial charge in [-0.2, -0.15) is 0 Å². The number of hydrogen-bond acceptors (Lipinski definition) is 5. The topological polar surface area (TPSA) is 77.0 Å². The number of hydrogen-bond donors (Lipinski definition) is 0. The molecule has 70 valence electrons. The lowest BCUT2D eigenvalue weighted by atomic mass is 10.2. The molecule has 0 fully saturated rings. The number of nitrogens with zero attached hydrogens (tertiary/aromatic N) is 2. The van der Waals surface area contributed by atoms with Crippen molar-refractivity contribution >= 4 is 15.6 Å². The first-order chi connectivity index (χ1) is 5.99. The molecule has 0 amide bonds. The van der Waals surface area contributed by atoms with Crippen molar-refractivity contribution in [2.45, 2.75) is 0 Å². The van der Waals surface area contributed by atoms with E-state index in [0.717, 1.165) is 6.26 Å². The highest BCUT2D eigenvalue weighted by molar-refractivity contribution is 7.91. The third-order valence-corrected chi connectivity index (χ3v) is 2.06. The summed E-state index contributed by atoms with van der Waals surface area (Å²) < 4.78 is 21.5. The fourth-order valence-corrected chi connectivity index (χ4v) is 1.41. The van der Waals surface area contributed by atoms with E-state index in [9.17, 15) is 13.2 Å². The van der Waals surface area contributed by atoms with Crippen LogP contribution in [-0.2, 0) is 9.84 Å². The van der Waals surface area contributed by atoms with E-state index < -0.39 is 21.4 Å². The number of carbonyl (C=O) groups is 1. The summed E-state index contributed by atoms with van der Waals surface area (Å²) in [6.45, 7) is 0. The first kappa shape index (κ1) is 9.79. The summed E-state index contributed by atoms with van der Waals surface area (Å²) in [6.07, 6.45) is 4.87. The second-order valence-electron chi connectivity index (χ2n) is 2.62. The quantitative estimate of drug-likeness (QED) is 0.626. The van der Waals surface area contributed by atoms with Crippen molar-refractivity contribution in [3.63, 3.8) is 0 Å². The smallest absolute Gasteiger partial charge is 0.180 e. The summed E-state index contributed by atoms with van der Waals surface area (Å²) in [5.41, 5.74) is 0.216. The maximum atomic E-state index is 11.2. The first-order valence-electron chi connectivity index (χ1n) is 3.45. The predicted molar refractivity (Wildman–Crippen MR) is 46.1 cm³/mol. The van der Waals surface area contributed by atoms with Gasteiger partial charge in [0.05, 0.1) is 5.56 Å². The van der Waals surface area contributed by atoms with Gasteiger partial charge in [0, 0.05) is 18.6 Å². The average Bonchev–Trinajstić information content (AvgIpc) is 2.03. The summed E-state index contributed by atoms with van der Waals surface area (Å²) in [7, 11) is -3.28. The Hall–Kier alpha value is -1.30. The van der Waals surface area contributed by atoms with Crippen molar-refractivity contribution in [3.05, 3.63) is 24.3 Å². The number of aromatic nitrogens is 2. The zero-order chi connectivity index (χ0) is 9.90. The van der Waals surface area contributed by atoms with Gasteiger partial charge in [-0.3, -0.25) is 4.79 Å². The maximum absolute atomic E-state index is 11.2. The third-order valence-electron chi connectivity index (χ3n) is 1.28. The summed E-state index contributed by atoms with van der Waals surface area (Å²) in [4.78, 5) is 18.4. The standard InChI is InChI=1S/C7H8N2O3S/c1-13(11,12)4-7(10)6-2-8-5-9-3-6/h2-3,5H,4H2,1H3. The van der Waals surface area contributed by atoms with Gasteiger partial charge < -0.3 is 0 Å². The molecular weight excluding hydrogens is 192 g/mol. The van der Waals surface area contributed by atoms with Crippen LogP contribution < -0.4 is 0 Å². The van der Waals surface area contributed by atoms with E-state index in [1.165, 1.54) is 18.7 Å². The second kappa shape index (κ2) is 3.61. The molecule has 0 aromatic carbocycles. The number of ketones is 1.